The lowest BCUT2D eigenvalue weighted by molar-refractivity contribution is 0.539. The zero-order chi connectivity index (χ0) is 14.0. The number of nitrogens with two attached hydrogens (primary N) is 1. The highest BCUT2D eigenvalue weighted by Gasteiger charge is 2.26. The quantitative estimate of drug-likeness (QED) is 0.662. The fourth-order valence-corrected chi connectivity index (χ4v) is 2.90. The molecule has 0 saturated heterocycles. The van der Waals surface area contributed by atoms with Crippen LogP contribution in [0.15, 0.2) is 23.2 Å². The molecule has 19 heavy (non-hydrogen) atoms. The van der Waals surface area contributed by atoms with Crippen molar-refractivity contribution in [3.05, 3.63) is 33.8 Å². The molecule has 1 aromatic carbocycles. The fourth-order valence-electron chi connectivity index (χ4n) is 1.99. The topological polar surface area (TPSA) is 50.4 Å². The van der Waals surface area contributed by atoms with Crippen LogP contribution in [0.3, 0.4) is 0 Å². The monoisotopic (exact) mass is 299 g/mol. The maximum atomic E-state index is 6.24. The third-order valence-corrected chi connectivity index (χ3v) is 3.84. The first-order valence-electron chi connectivity index (χ1n) is 6.41. The summed E-state index contributed by atoms with van der Waals surface area (Å²) >= 11 is 12.5. The van der Waals surface area contributed by atoms with E-state index in [0.29, 0.717) is 28.6 Å². The minimum absolute atomic E-state index is 0.259. The van der Waals surface area contributed by atoms with Gasteiger partial charge in [0, 0.05) is 21.5 Å². The third kappa shape index (κ3) is 3.77. The van der Waals surface area contributed by atoms with Crippen LogP contribution in [0, 0.1) is 0 Å². The molecule has 1 fully saturated rings. The smallest absolute Gasteiger partial charge is 0.188 e. The molecule has 0 aromatic heterocycles. The molecule has 3 N–H and O–H groups in total. The number of guanidine groups is 1. The minimum atomic E-state index is -0.259. The molecule has 0 heterocycles. The van der Waals surface area contributed by atoms with Crippen molar-refractivity contribution in [1.29, 1.82) is 0 Å². The summed E-state index contributed by atoms with van der Waals surface area (Å²) in [7, 11) is 0. The van der Waals surface area contributed by atoms with Gasteiger partial charge in [-0.1, -0.05) is 43.1 Å². The molecular weight excluding hydrogens is 281 g/mol. The van der Waals surface area contributed by atoms with Crippen molar-refractivity contribution >= 4 is 29.2 Å². The molecule has 0 spiro atoms. The van der Waals surface area contributed by atoms with E-state index in [4.69, 9.17) is 28.9 Å². The van der Waals surface area contributed by atoms with E-state index in [1.807, 2.05) is 18.2 Å². The van der Waals surface area contributed by atoms with Crippen molar-refractivity contribution in [3.8, 4) is 0 Å². The number of hydrogen-bond donors (Lipinski definition) is 2. The molecular formula is C14H19Cl2N3. The summed E-state index contributed by atoms with van der Waals surface area (Å²) < 4.78 is 0. The van der Waals surface area contributed by atoms with E-state index >= 15 is 0 Å². The first-order valence-corrected chi connectivity index (χ1v) is 7.17. The van der Waals surface area contributed by atoms with Gasteiger partial charge in [-0.05, 0) is 30.5 Å². The largest absolute Gasteiger partial charge is 0.370 e. The van der Waals surface area contributed by atoms with Gasteiger partial charge in [0.2, 0.25) is 0 Å². The molecule has 5 heteroatoms. The van der Waals surface area contributed by atoms with Gasteiger partial charge in [0.15, 0.2) is 5.96 Å². The number of aliphatic imine (C=N–C) groups is 1. The first-order chi connectivity index (χ1) is 8.90. The lowest BCUT2D eigenvalue weighted by Gasteiger charge is -2.25. The van der Waals surface area contributed by atoms with Crippen LogP contribution in [-0.4, -0.2) is 18.5 Å². The number of rotatable bonds is 4. The number of nitrogens with zero attached hydrogens (tertiary/aromatic N) is 1. The third-order valence-electron chi connectivity index (χ3n) is 3.21. The second-order valence-electron chi connectivity index (χ2n) is 5.60. The Kier molecular flexibility index (Phi) is 4.26. The molecule has 1 saturated carbocycles. The van der Waals surface area contributed by atoms with Gasteiger partial charge in [-0.3, -0.25) is 4.99 Å². The number of hydrogen-bond acceptors (Lipinski definition) is 1. The molecule has 2 rings (SSSR count). The number of nitrogens with one attached hydrogen (secondary N) is 1. The van der Waals surface area contributed by atoms with E-state index in [1.54, 1.807) is 0 Å². The molecule has 0 bridgehead atoms. The van der Waals surface area contributed by atoms with Gasteiger partial charge in [0.25, 0.3) is 0 Å². The zero-order valence-electron chi connectivity index (χ0n) is 11.2. The average molecular weight is 300 g/mol. The molecule has 0 aliphatic heterocycles. The second-order valence-corrected chi connectivity index (χ2v) is 6.42. The summed E-state index contributed by atoms with van der Waals surface area (Å²) in [6.45, 7) is 4.67. The molecule has 0 radical (unpaired) electrons. The highest BCUT2D eigenvalue weighted by atomic mass is 35.5. The van der Waals surface area contributed by atoms with E-state index in [9.17, 15) is 0 Å². The van der Waals surface area contributed by atoms with Gasteiger partial charge in [0.05, 0.1) is 6.54 Å². The van der Waals surface area contributed by atoms with Crippen molar-refractivity contribution in [2.75, 3.05) is 6.54 Å². The van der Waals surface area contributed by atoms with Crippen LogP contribution in [0.2, 0.25) is 10.0 Å². The van der Waals surface area contributed by atoms with E-state index < -0.39 is 0 Å². The van der Waals surface area contributed by atoms with Crippen LogP contribution < -0.4 is 11.1 Å². The Morgan fingerprint density at radius 3 is 2.47 bits per heavy atom. The SMILES string of the molecule is CC(C)(CN=C(N)NC1CC1)c1c(Cl)cccc1Cl. The van der Waals surface area contributed by atoms with Gasteiger partial charge in [-0.25, -0.2) is 0 Å². The number of halogens is 2. The highest BCUT2D eigenvalue weighted by Crippen LogP contribution is 2.35. The predicted octanol–water partition coefficient (Wildman–Crippen LogP) is 3.34. The normalized spacial score (nSPS) is 16.5. The zero-order valence-corrected chi connectivity index (χ0v) is 12.7. The molecule has 0 unspecified atom stereocenters. The maximum absolute atomic E-state index is 6.24. The van der Waals surface area contributed by atoms with E-state index in [0.717, 1.165) is 5.56 Å². The standard InChI is InChI=1S/C14H19Cl2N3/c1-14(2,8-18-13(17)19-9-6-7-9)12-10(15)4-3-5-11(12)16/h3-5,9H,6-8H2,1-2H3,(H3,17,18,19). The van der Waals surface area contributed by atoms with Crippen molar-refractivity contribution in [3.63, 3.8) is 0 Å². The van der Waals surface area contributed by atoms with Crippen LogP contribution in [0.4, 0.5) is 0 Å². The maximum Gasteiger partial charge on any atom is 0.188 e. The van der Waals surface area contributed by atoms with Crippen molar-refractivity contribution in [1.82, 2.24) is 5.32 Å². The minimum Gasteiger partial charge on any atom is -0.370 e. The molecule has 0 atom stereocenters. The van der Waals surface area contributed by atoms with E-state index in [-0.39, 0.29) is 5.41 Å². The van der Waals surface area contributed by atoms with E-state index in [1.165, 1.54) is 12.8 Å². The van der Waals surface area contributed by atoms with Gasteiger partial charge in [-0.15, -0.1) is 0 Å². The lowest BCUT2D eigenvalue weighted by Crippen LogP contribution is -2.35. The molecule has 0 amide bonds. The Bertz CT molecular complexity index is 473. The summed E-state index contributed by atoms with van der Waals surface area (Å²) in [4.78, 5) is 4.40. The first kappa shape index (κ1) is 14.5. The average Bonchev–Trinajstić information content (AvgIpc) is 3.10. The van der Waals surface area contributed by atoms with Crippen LogP contribution in [-0.2, 0) is 5.41 Å². The summed E-state index contributed by atoms with van der Waals surface area (Å²) in [5, 5.41) is 4.50. The number of benzene rings is 1. The Labute approximate surface area is 124 Å². The van der Waals surface area contributed by atoms with Crippen LogP contribution in [0.1, 0.15) is 32.3 Å². The molecule has 1 aliphatic rings. The second kappa shape index (κ2) is 5.59. The summed E-state index contributed by atoms with van der Waals surface area (Å²) in [5.41, 5.74) is 6.51. The summed E-state index contributed by atoms with van der Waals surface area (Å²) in [5.74, 6) is 0.499. The van der Waals surface area contributed by atoms with Crippen molar-refractivity contribution in [2.24, 2.45) is 10.7 Å². The van der Waals surface area contributed by atoms with Gasteiger partial charge in [0.1, 0.15) is 0 Å². The summed E-state index contributed by atoms with van der Waals surface area (Å²) in [6, 6.07) is 6.05. The Balaban J connectivity index is 2.12. The van der Waals surface area contributed by atoms with Crippen molar-refractivity contribution in [2.45, 2.75) is 38.1 Å². The summed E-state index contributed by atoms with van der Waals surface area (Å²) in [6.07, 6.45) is 2.35. The van der Waals surface area contributed by atoms with E-state index in [2.05, 4.69) is 24.2 Å². The van der Waals surface area contributed by atoms with Gasteiger partial charge < -0.3 is 11.1 Å². The molecule has 1 aliphatic carbocycles. The Morgan fingerprint density at radius 2 is 1.95 bits per heavy atom. The van der Waals surface area contributed by atoms with Gasteiger partial charge in [-0.2, -0.15) is 0 Å². The Morgan fingerprint density at radius 1 is 1.37 bits per heavy atom. The predicted molar refractivity (Wildman–Crippen MR) is 82.1 cm³/mol. The molecule has 3 nitrogen and oxygen atoms in total. The van der Waals surface area contributed by atoms with Crippen molar-refractivity contribution < 1.29 is 0 Å². The Hall–Kier alpha value is -0.930. The fraction of sp³-hybridized carbons (Fsp3) is 0.500. The molecule has 104 valence electrons. The lowest BCUT2D eigenvalue weighted by atomic mass is 9.84. The van der Waals surface area contributed by atoms with Crippen LogP contribution in [0.25, 0.3) is 0 Å². The van der Waals surface area contributed by atoms with Crippen LogP contribution in [0.5, 0.6) is 0 Å². The highest BCUT2D eigenvalue weighted by molar-refractivity contribution is 6.36. The van der Waals surface area contributed by atoms with Gasteiger partial charge >= 0.3 is 0 Å². The molecule has 1 aromatic rings. The van der Waals surface area contributed by atoms with Crippen LogP contribution >= 0.6 is 23.2 Å².